The third-order valence-corrected chi connectivity index (χ3v) is 4.76. The van der Waals surface area contributed by atoms with E-state index in [9.17, 15) is 9.59 Å². The van der Waals surface area contributed by atoms with Crippen molar-refractivity contribution in [2.45, 2.75) is 32.0 Å². The van der Waals surface area contributed by atoms with Crippen molar-refractivity contribution in [3.05, 3.63) is 59.7 Å². The third-order valence-electron chi connectivity index (χ3n) is 4.76. The number of anilines is 1. The van der Waals surface area contributed by atoms with Crippen LogP contribution in [0.1, 0.15) is 24.0 Å². The first-order valence-corrected chi connectivity index (χ1v) is 10.0. The second-order valence-corrected chi connectivity index (χ2v) is 7.05. The number of hydrogen-bond donors (Lipinski definition) is 4. The van der Waals surface area contributed by atoms with Gasteiger partial charge >= 0.3 is 12.1 Å². The Bertz CT molecular complexity index is 835. The first kappa shape index (κ1) is 21.4. The lowest BCUT2D eigenvalue weighted by Crippen LogP contribution is -2.39. The van der Waals surface area contributed by atoms with Gasteiger partial charge in [-0.1, -0.05) is 24.3 Å². The van der Waals surface area contributed by atoms with E-state index >= 15 is 0 Å². The SMILES string of the molecule is COc1ccc(NC(=O)NCc2cccc(CNC(=O)NCC3CCCO3)c2)cc1. The van der Waals surface area contributed by atoms with Crippen molar-refractivity contribution in [1.29, 1.82) is 0 Å². The zero-order valence-corrected chi connectivity index (χ0v) is 17.1. The van der Waals surface area contributed by atoms with E-state index in [-0.39, 0.29) is 18.2 Å². The number of methoxy groups -OCH3 is 1. The summed E-state index contributed by atoms with van der Waals surface area (Å²) < 4.78 is 10.6. The van der Waals surface area contributed by atoms with Crippen LogP contribution in [-0.2, 0) is 17.8 Å². The topological polar surface area (TPSA) is 101 Å². The van der Waals surface area contributed by atoms with E-state index in [0.717, 1.165) is 36.3 Å². The van der Waals surface area contributed by atoms with Gasteiger partial charge in [0.25, 0.3) is 0 Å². The molecule has 0 saturated carbocycles. The minimum absolute atomic E-state index is 0.120. The number of rotatable bonds is 8. The minimum Gasteiger partial charge on any atom is -0.497 e. The summed E-state index contributed by atoms with van der Waals surface area (Å²) >= 11 is 0. The smallest absolute Gasteiger partial charge is 0.319 e. The summed E-state index contributed by atoms with van der Waals surface area (Å²) in [7, 11) is 1.59. The summed E-state index contributed by atoms with van der Waals surface area (Å²) in [5.74, 6) is 0.729. The number of amides is 4. The van der Waals surface area contributed by atoms with Gasteiger partial charge < -0.3 is 30.7 Å². The summed E-state index contributed by atoms with van der Waals surface area (Å²) in [6.45, 7) is 2.08. The summed E-state index contributed by atoms with van der Waals surface area (Å²) in [5.41, 5.74) is 2.58. The molecule has 1 aliphatic heterocycles. The fraction of sp³-hybridized carbons (Fsp3) is 0.364. The lowest BCUT2D eigenvalue weighted by molar-refractivity contribution is 0.111. The number of carbonyl (C=O) groups excluding carboxylic acids is 2. The van der Waals surface area contributed by atoms with Gasteiger partial charge in [0.1, 0.15) is 5.75 Å². The first-order valence-electron chi connectivity index (χ1n) is 10.0. The van der Waals surface area contributed by atoms with Gasteiger partial charge in [-0.2, -0.15) is 0 Å². The van der Waals surface area contributed by atoms with Gasteiger partial charge in [-0.3, -0.25) is 0 Å². The largest absolute Gasteiger partial charge is 0.497 e. The van der Waals surface area contributed by atoms with Crippen molar-refractivity contribution in [1.82, 2.24) is 16.0 Å². The minimum atomic E-state index is -0.294. The predicted molar refractivity (Wildman–Crippen MR) is 115 cm³/mol. The molecule has 4 amide bonds. The zero-order valence-electron chi connectivity index (χ0n) is 17.1. The third kappa shape index (κ3) is 6.97. The van der Waals surface area contributed by atoms with Crippen molar-refractivity contribution in [2.24, 2.45) is 0 Å². The molecule has 1 heterocycles. The van der Waals surface area contributed by atoms with E-state index in [1.54, 1.807) is 31.4 Å². The average Bonchev–Trinajstić information content (AvgIpc) is 3.29. The van der Waals surface area contributed by atoms with Crippen LogP contribution in [0, 0.1) is 0 Å². The quantitative estimate of drug-likeness (QED) is 0.535. The van der Waals surface area contributed by atoms with Gasteiger partial charge in [0.05, 0.1) is 13.2 Å². The molecule has 2 aromatic rings. The van der Waals surface area contributed by atoms with Gasteiger partial charge in [0.15, 0.2) is 0 Å². The maximum absolute atomic E-state index is 12.1. The van der Waals surface area contributed by atoms with Crippen LogP contribution in [0.4, 0.5) is 15.3 Å². The fourth-order valence-electron chi connectivity index (χ4n) is 3.14. The molecule has 1 fully saturated rings. The van der Waals surface area contributed by atoms with Crippen LogP contribution < -0.4 is 26.0 Å². The van der Waals surface area contributed by atoms with E-state index in [4.69, 9.17) is 9.47 Å². The molecule has 1 unspecified atom stereocenters. The van der Waals surface area contributed by atoms with Crippen LogP contribution >= 0.6 is 0 Å². The molecule has 0 aromatic heterocycles. The van der Waals surface area contributed by atoms with Crippen LogP contribution in [0.15, 0.2) is 48.5 Å². The second-order valence-electron chi connectivity index (χ2n) is 7.05. The van der Waals surface area contributed by atoms with Crippen molar-refractivity contribution in [3.63, 3.8) is 0 Å². The van der Waals surface area contributed by atoms with Gasteiger partial charge in [-0.15, -0.1) is 0 Å². The molecular formula is C22H28N4O4. The van der Waals surface area contributed by atoms with Gasteiger partial charge in [0, 0.05) is 31.9 Å². The second kappa shape index (κ2) is 11.1. The highest BCUT2D eigenvalue weighted by Gasteiger charge is 2.15. The molecule has 8 nitrogen and oxygen atoms in total. The molecule has 0 radical (unpaired) electrons. The lowest BCUT2D eigenvalue weighted by atomic mass is 10.1. The van der Waals surface area contributed by atoms with Crippen molar-refractivity contribution in [3.8, 4) is 5.75 Å². The first-order chi connectivity index (χ1) is 14.6. The molecule has 1 aliphatic rings. The van der Waals surface area contributed by atoms with Gasteiger partial charge in [-0.05, 0) is 48.2 Å². The maximum Gasteiger partial charge on any atom is 0.319 e. The van der Waals surface area contributed by atoms with E-state index in [1.165, 1.54) is 0 Å². The summed E-state index contributed by atoms with van der Waals surface area (Å²) in [4.78, 5) is 24.0. The highest BCUT2D eigenvalue weighted by molar-refractivity contribution is 5.89. The van der Waals surface area contributed by atoms with Crippen molar-refractivity contribution in [2.75, 3.05) is 25.6 Å². The Labute approximate surface area is 176 Å². The number of hydrogen-bond acceptors (Lipinski definition) is 4. The fourth-order valence-corrected chi connectivity index (χ4v) is 3.14. The van der Waals surface area contributed by atoms with Crippen LogP contribution in [0.5, 0.6) is 5.75 Å². The molecule has 4 N–H and O–H groups in total. The Morgan fingerprint density at radius 2 is 1.70 bits per heavy atom. The summed E-state index contributed by atoms with van der Waals surface area (Å²) in [6, 6.07) is 14.3. The molecule has 1 atom stereocenters. The Morgan fingerprint density at radius 3 is 2.33 bits per heavy atom. The normalized spacial score (nSPS) is 15.3. The maximum atomic E-state index is 12.1. The van der Waals surface area contributed by atoms with Crippen LogP contribution in [-0.4, -0.2) is 38.4 Å². The summed E-state index contributed by atoms with van der Waals surface area (Å²) in [6.07, 6.45) is 2.16. The zero-order chi connectivity index (χ0) is 21.2. The Hall–Kier alpha value is -3.26. The standard InChI is InChI=1S/C22H28N4O4/c1-29-19-9-7-18(8-10-19)26-22(28)24-14-17-5-2-4-16(12-17)13-23-21(27)25-15-20-6-3-11-30-20/h2,4-5,7-10,12,20H,3,6,11,13-15H2,1H3,(H2,23,25,27)(H2,24,26,28). The number of urea groups is 2. The Balaban J connectivity index is 1.39. The molecule has 0 aliphatic carbocycles. The molecule has 160 valence electrons. The molecular weight excluding hydrogens is 384 g/mol. The predicted octanol–water partition coefficient (Wildman–Crippen LogP) is 3.00. The number of benzene rings is 2. The molecule has 0 spiro atoms. The molecule has 1 saturated heterocycles. The molecule has 30 heavy (non-hydrogen) atoms. The van der Waals surface area contributed by atoms with Crippen molar-refractivity contribution < 1.29 is 19.1 Å². The number of ether oxygens (including phenoxy) is 2. The summed E-state index contributed by atoms with van der Waals surface area (Å²) in [5, 5.41) is 11.3. The van der Waals surface area contributed by atoms with E-state index < -0.39 is 0 Å². The highest BCUT2D eigenvalue weighted by Crippen LogP contribution is 2.15. The Kier molecular flexibility index (Phi) is 7.91. The Morgan fingerprint density at radius 1 is 1.00 bits per heavy atom. The lowest BCUT2D eigenvalue weighted by Gasteiger charge is -2.12. The van der Waals surface area contributed by atoms with Crippen LogP contribution in [0.25, 0.3) is 0 Å². The monoisotopic (exact) mass is 412 g/mol. The molecule has 2 aromatic carbocycles. The molecule has 3 rings (SSSR count). The number of carbonyl (C=O) groups is 2. The van der Waals surface area contributed by atoms with Crippen LogP contribution in [0.3, 0.4) is 0 Å². The van der Waals surface area contributed by atoms with Crippen molar-refractivity contribution >= 4 is 17.7 Å². The van der Waals surface area contributed by atoms with E-state index in [0.29, 0.717) is 25.3 Å². The average molecular weight is 412 g/mol. The van der Waals surface area contributed by atoms with E-state index in [2.05, 4.69) is 21.3 Å². The van der Waals surface area contributed by atoms with Gasteiger partial charge in [0.2, 0.25) is 0 Å². The van der Waals surface area contributed by atoms with Crippen LogP contribution in [0.2, 0.25) is 0 Å². The van der Waals surface area contributed by atoms with Gasteiger partial charge in [-0.25, -0.2) is 9.59 Å². The molecule has 8 heteroatoms. The number of nitrogens with one attached hydrogen (secondary N) is 4. The highest BCUT2D eigenvalue weighted by atomic mass is 16.5. The molecule has 0 bridgehead atoms. The van der Waals surface area contributed by atoms with E-state index in [1.807, 2.05) is 24.3 Å².